The van der Waals surface area contributed by atoms with Crippen LogP contribution in [0, 0.1) is 0 Å². The summed E-state index contributed by atoms with van der Waals surface area (Å²) in [6.07, 6.45) is -13.6. The highest BCUT2D eigenvalue weighted by atomic mass is 19.4. The van der Waals surface area contributed by atoms with Gasteiger partial charge < -0.3 is 5.11 Å². The van der Waals surface area contributed by atoms with E-state index in [1.165, 1.54) is 0 Å². The first-order valence-electron chi connectivity index (χ1n) is 9.64. The fourth-order valence-electron chi connectivity index (χ4n) is 2.60. The molecule has 0 rings (SSSR count). The van der Waals surface area contributed by atoms with E-state index in [0.717, 1.165) is 0 Å². The van der Waals surface area contributed by atoms with Crippen LogP contribution in [0.25, 0.3) is 0 Å². The zero-order valence-electron chi connectivity index (χ0n) is 18.7. The zero-order valence-corrected chi connectivity index (χ0v) is 18.7. The van der Waals surface area contributed by atoms with Crippen LogP contribution in [-0.4, -0.2) is 83.0 Å². The third kappa shape index (κ3) is 4.97. The van der Waals surface area contributed by atoms with Crippen molar-refractivity contribution in [2.24, 2.45) is 0 Å². The lowest BCUT2D eigenvalue weighted by Gasteiger charge is -2.45. The van der Waals surface area contributed by atoms with E-state index in [0.29, 0.717) is 0 Å². The van der Waals surface area contributed by atoms with Crippen molar-refractivity contribution in [3.63, 3.8) is 0 Å². The molecule has 0 aromatic rings. The normalized spacial score (nSPS) is 16.7. The predicted octanol–water partition coefficient (Wildman–Crippen LogP) is 8.70. The maximum Gasteiger partial charge on any atom is 0.460 e. The molecule has 0 heterocycles. The number of hydrogen-bond donors (Lipinski definition) is 1. The van der Waals surface area contributed by atoms with Gasteiger partial charge in [-0.25, -0.2) is 0 Å². The molecule has 0 fully saturated rings. The van der Waals surface area contributed by atoms with Gasteiger partial charge in [0.1, 0.15) is 0 Å². The second-order valence-corrected chi connectivity index (χ2v) is 8.13. The predicted molar refractivity (Wildman–Crippen MR) is 81.4 cm³/mol. The molecule has 1 N–H and O–H groups in total. The van der Waals surface area contributed by atoms with Crippen molar-refractivity contribution >= 4 is 0 Å². The van der Waals surface area contributed by atoms with E-state index < -0.39 is 97.2 Å². The Labute approximate surface area is 213 Å². The molecule has 0 aliphatic rings. The summed E-state index contributed by atoms with van der Waals surface area (Å²) in [6, 6.07) is 0. The van der Waals surface area contributed by atoms with Gasteiger partial charge in [0.05, 0.1) is 0 Å². The van der Waals surface area contributed by atoms with Crippen LogP contribution in [0.3, 0.4) is 0 Å². The van der Waals surface area contributed by atoms with Gasteiger partial charge in [-0.2, -0.15) is 110 Å². The van der Waals surface area contributed by atoms with Gasteiger partial charge in [-0.1, -0.05) is 0 Å². The summed E-state index contributed by atoms with van der Waals surface area (Å²) in [5, 5.41) is 8.27. The minimum absolute atomic E-state index is 1.06. The average Bonchev–Trinajstić information content (AvgIpc) is 2.76. The second-order valence-electron chi connectivity index (χ2n) is 8.13. The first-order chi connectivity index (χ1) is 17.8. The molecule has 0 saturated carbocycles. The number of alkyl halides is 25. The first kappa shape index (κ1) is 40.2. The van der Waals surface area contributed by atoms with Gasteiger partial charge in [0, 0.05) is 13.0 Å². The molecule has 254 valence electrons. The molecule has 0 atom stereocenters. The highest BCUT2D eigenvalue weighted by Crippen LogP contribution is 2.67. The standard InChI is InChI=1S/C16H9F25O/c17-5(18,3-1-2-4-42)6(19,20)7(21,22)8(23,24)9(25,26)10(27,28)11(29,30)12(31,32)13(33,34)14(35,36)15(37,38)16(39,40)41/h42H,1-4H2. The fraction of sp³-hybridized carbons (Fsp3) is 1.00. The van der Waals surface area contributed by atoms with E-state index in [1.807, 2.05) is 0 Å². The average molecular weight is 692 g/mol. The second kappa shape index (κ2) is 10.4. The minimum atomic E-state index is -9.59. The van der Waals surface area contributed by atoms with Gasteiger partial charge in [-0.15, -0.1) is 0 Å². The summed E-state index contributed by atoms with van der Waals surface area (Å²) in [5.74, 6) is -98.0. The summed E-state index contributed by atoms with van der Waals surface area (Å²) >= 11 is 0. The summed E-state index contributed by atoms with van der Waals surface area (Å²) in [6.45, 7) is -1.22. The lowest BCUT2D eigenvalue weighted by molar-refractivity contribution is -0.482. The van der Waals surface area contributed by atoms with Crippen LogP contribution >= 0.6 is 0 Å². The van der Waals surface area contributed by atoms with E-state index in [-0.39, 0.29) is 0 Å². The largest absolute Gasteiger partial charge is 0.460 e. The van der Waals surface area contributed by atoms with Crippen molar-refractivity contribution in [2.45, 2.75) is 90.6 Å². The Kier molecular flexibility index (Phi) is 9.95. The Balaban J connectivity index is 7.20. The fourth-order valence-corrected chi connectivity index (χ4v) is 2.60. The molecule has 26 heteroatoms. The molecule has 0 aliphatic carbocycles. The van der Waals surface area contributed by atoms with Crippen molar-refractivity contribution in [2.75, 3.05) is 6.61 Å². The molecule has 0 aromatic carbocycles. The van der Waals surface area contributed by atoms with Crippen LogP contribution in [0.15, 0.2) is 0 Å². The van der Waals surface area contributed by atoms with Gasteiger partial charge in [0.15, 0.2) is 0 Å². The summed E-state index contributed by atoms with van der Waals surface area (Å²) < 4.78 is 332. The molecule has 0 aromatic heterocycles. The SMILES string of the molecule is OCCCCC(F)(F)C(F)(F)C(F)(F)C(F)(F)C(F)(F)C(F)(F)C(F)(F)C(F)(F)C(F)(F)C(F)(F)C(F)(F)C(F)(F)F. The molecule has 0 bridgehead atoms. The van der Waals surface area contributed by atoms with Crippen LogP contribution in [0.4, 0.5) is 110 Å². The summed E-state index contributed by atoms with van der Waals surface area (Å²) in [5.41, 5.74) is 0. The molecule has 0 spiro atoms. The Morgan fingerprint density at radius 3 is 0.714 bits per heavy atom. The molecular formula is C16H9F25O. The number of hydrogen-bond acceptors (Lipinski definition) is 1. The van der Waals surface area contributed by atoms with Gasteiger partial charge in [-0.3, -0.25) is 0 Å². The number of unbranched alkanes of at least 4 members (excludes halogenated alkanes) is 1. The molecule has 0 amide bonds. The van der Waals surface area contributed by atoms with Crippen molar-refractivity contribution < 1.29 is 115 Å². The van der Waals surface area contributed by atoms with Crippen LogP contribution in [0.1, 0.15) is 19.3 Å². The molecule has 1 nitrogen and oxygen atoms in total. The van der Waals surface area contributed by atoms with Gasteiger partial charge >= 0.3 is 71.3 Å². The molecule has 0 aliphatic heterocycles. The Morgan fingerprint density at radius 1 is 0.286 bits per heavy atom. The van der Waals surface area contributed by atoms with Crippen molar-refractivity contribution in [1.29, 1.82) is 0 Å². The van der Waals surface area contributed by atoms with Gasteiger partial charge in [0.25, 0.3) is 0 Å². The van der Waals surface area contributed by atoms with E-state index in [9.17, 15) is 110 Å². The van der Waals surface area contributed by atoms with Crippen molar-refractivity contribution in [3.8, 4) is 0 Å². The monoisotopic (exact) mass is 692 g/mol. The molecular weight excluding hydrogens is 683 g/mol. The summed E-state index contributed by atoms with van der Waals surface area (Å²) in [7, 11) is 0. The van der Waals surface area contributed by atoms with Crippen LogP contribution < -0.4 is 0 Å². The molecule has 0 unspecified atom stereocenters. The molecule has 0 saturated heterocycles. The maximum absolute atomic E-state index is 13.7. The van der Waals surface area contributed by atoms with E-state index in [2.05, 4.69) is 0 Å². The lowest BCUT2D eigenvalue weighted by Crippen LogP contribution is -2.78. The minimum Gasteiger partial charge on any atom is -0.396 e. The smallest absolute Gasteiger partial charge is 0.396 e. The van der Waals surface area contributed by atoms with E-state index in [4.69, 9.17) is 5.11 Å². The van der Waals surface area contributed by atoms with Gasteiger partial charge in [-0.05, 0) is 12.8 Å². The Hall–Kier alpha value is -1.79. The zero-order chi connectivity index (χ0) is 34.8. The highest BCUT2D eigenvalue weighted by Gasteiger charge is 2.99. The number of halogens is 25. The van der Waals surface area contributed by atoms with Gasteiger partial charge in [0.2, 0.25) is 0 Å². The molecule has 42 heavy (non-hydrogen) atoms. The van der Waals surface area contributed by atoms with Crippen molar-refractivity contribution in [3.05, 3.63) is 0 Å². The summed E-state index contributed by atoms with van der Waals surface area (Å²) in [4.78, 5) is 0. The van der Waals surface area contributed by atoms with Crippen molar-refractivity contribution in [1.82, 2.24) is 0 Å². The van der Waals surface area contributed by atoms with Crippen LogP contribution in [-0.2, 0) is 0 Å². The Morgan fingerprint density at radius 2 is 0.500 bits per heavy atom. The highest BCUT2D eigenvalue weighted by molar-refractivity contribution is 5.19. The third-order valence-electron chi connectivity index (χ3n) is 5.26. The third-order valence-corrected chi connectivity index (χ3v) is 5.26. The van der Waals surface area contributed by atoms with Crippen LogP contribution in [0.5, 0.6) is 0 Å². The molecule has 0 radical (unpaired) electrons. The maximum atomic E-state index is 13.7. The topological polar surface area (TPSA) is 20.2 Å². The number of aliphatic hydroxyl groups excluding tert-OH is 1. The van der Waals surface area contributed by atoms with E-state index in [1.54, 1.807) is 0 Å². The van der Waals surface area contributed by atoms with E-state index >= 15 is 0 Å². The first-order valence-corrected chi connectivity index (χ1v) is 9.64. The van der Waals surface area contributed by atoms with Crippen LogP contribution in [0.2, 0.25) is 0 Å². The lowest BCUT2D eigenvalue weighted by atomic mass is 9.84. The number of rotatable bonds is 14. The number of aliphatic hydroxyl groups is 1. The Bertz CT molecular complexity index is 943. The quantitative estimate of drug-likeness (QED) is 0.143.